The standard InChI is InChI=1S/C20H21F3N2O2S/c1-12-9-10-28-16(12)11-24-19(27)15-7-8-17(26)25(2)18(15)13-3-5-14(6-4-13)20(21,22)23/h3-6,9-10,15,18H,7-8,11H2,1-2H3,(H,24,27). The molecule has 1 aliphatic heterocycles. The van der Waals surface area contributed by atoms with Gasteiger partial charge in [0.1, 0.15) is 0 Å². The van der Waals surface area contributed by atoms with E-state index in [2.05, 4.69) is 5.32 Å². The molecule has 3 rings (SSSR count). The first-order valence-electron chi connectivity index (χ1n) is 8.92. The first-order chi connectivity index (χ1) is 13.2. The van der Waals surface area contributed by atoms with Crippen LogP contribution in [0.3, 0.4) is 0 Å². The van der Waals surface area contributed by atoms with Crippen molar-refractivity contribution in [3.05, 3.63) is 57.3 Å². The number of aryl methyl sites for hydroxylation is 1. The van der Waals surface area contributed by atoms with Crippen LogP contribution in [0.2, 0.25) is 0 Å². The molecule has 1 aliphatic rings. The van der Waals surface area contributed by atoms with Gasteiger partial charge in [0, 0.05) is 18.3 Å². The van der Waals surface area contributed by atoms with Crippen LogP contribution in [0.5, 0.6) is 0 Å². The van der Waals surface area contributed by atoms with Gasteiger partial charge in [-0.15, -0.1) is 11.3 Å². The predicted octanol–water partition coefficient (Wildman–Crippen LogP) is 4.30. The Hall–Kier alpha value is -2.35. The molecule has 150 valence electrons. The van der Waals surface area contributed by atoms with Crippen molar-refractivity contribution < 1.29 is 22.8 Å². The van der Waals surface area contributed by atoms with Gasteiger partial charge in [0.25, 0.3) is 0 Å². The fourth-order valence-corrected chi connectivity index (χ4v) is 4.37. The third-order valence-corrected chi connectivity index (χ3v) is 6.19. The van der Waals surface area contributed by atoms with E-state index in [1.807, 2.05) is 18.4 Å². The minimum Gasteiger partial charge on any atom is -0.351 e. The van der Waals surface area contributed by atoms with Crippen LogP contribution in [-0.2, 0) is 22.3 Å². The monoisotopic (exact) mass is 410 g/mol. The summed E-state index contributed by atoms with van der Waals surface area (Å²) in [6.45, 7) is 2.37. The molecule has 28 heavy (non-hydrogen) atoms. The van der Waals surface area contributed by atoms with Gasteiger partial charge in [-0.1, -0.05) is 12.1 Å². The number of benzene rings is 1. The van der Waals surface area contributed by atoms with Gasteiger partial charge in [-0.25, -0.2) is 0 Å². The molecule has 1 N–H and O–H groups in total. The zero-order valence-corrected chi connectivity index (χ0v) is 16.4. The lowest BCUT2D eigenvalue weighted by Crippen LogP contribution is -2.46. The predicted molar refractivity (Wildman–Crippen MR) is 101 cm³/mol. The molecular formula is C20H21F3N2O2S. The van der Waals surface area contributed by atoms with Gasteiger partial charge in [-0.05, 0) is 48.1 Å². The fraction of sp³-hybridized carbons (Fsp3) is 0.400. The molecule has 0 saturated carbocycles. The Kier molecular flexibility index (Phi) is 5.79. The normalized spacial score (nSPS) is 20.3. The Balaban J connectivity index is 1.81. The van der Waals surface area contributed by atoms with Crippen LogP contribution in [0, 0.1) is 12.8 Å². The number of carbonyl (C=O) groups excluding carboxylic acids is 2. The van der Waals surface area contributed by atoms with E-state index in [0.717, 1.165) is 22.6 Å². The highest BCUT2D eigenvalue weighted by Gasteiger charge is 2.39. The molecule has 0 radical (unpaired) electrons. The molecule has 1 fully saturated rings. The van der Waals surface area contributed by atoms with Crippen molar-refractivity contribution in [1.82, 2.24) is 10.2 Å². The van der Waals surface area contributed by atoms with Gasteiger partial charge in [0.05, 0.1) is 24.1 Å². The number of hydrogen-bond acceptors (Lipinski definition) is 3. The van der Waals surface area contributed by atoms with Crippen LogP contribution in [-0.4, -0.2) is 23.8 Å². The van der Waals surface area contributed by atoms with Crippen molar-refractivity contribution in [3.63, 3.8) is 0 Å². The quantitative estimate of drug-likeness (QED) is 0.817. The second-order valence-corrected chi connectivity index (χ2v) is 7.96. The molecule has 2 unspecified atom stereocenters. The number of halogens is 3. The summed E-state index contributed by atoms with van der Waals surface area (Å²) in [6, 6.07) is 6.08. The Bertz CT molecular complexity index is 861. The largest absolute Gasteiger partial charge is 0.416 e. The Labute approximate surface area is 165 Å². The average molecular weight is 410 g/mol. The highest BCUT2D eigenvalue weighted by molar-refractivity contribution is 7.10. The van der Waals surface area contributed by atoms with E-state index >= 15 is 0 Å². The number of thiophene rings is 1. The summed E-state index contributed by atoms with van der Waals surface area (Å²) < 4.78 is 38.5. The van der Waals surface area contributed by atoms with Crippen LogP contribution in [0.25, 0.3) is 0 Å². The summed E-state index contributed by atoms with van der Waals surface area (Å²) in [5.74, 6) is -0.834. The maximum atomic E-state index is 12.8. The second-order valence-electron chi connectivity index (χ2n) is 6.96. The molecule has 4 nitrogen and oxygen atoms in total. The first kappa shape index (κ1) is 20.4. The van der Waals surface area contributed by atoms with Crippen molar-refractivity contribution in [1.29, 1.82) is 0 Å². The van der Waals surface area contributed by atoms with Crippen LogP contribution >= 0.6 is 11.3 Å². The third-order valence-electron chi connectivity index (χ3n) is 5.17. The maximum absolute atomic E-state index is 12.8. The van der Waals surface area contributed by atoms with Gasteiger partial charge in [0.15, 0.2) is 0 Å². The van der Waals surface area contributed by atoms with E-state index in [1.54, 1.807) is 18.4 Å². The SMILES string of the molecule is Cc1ccsc1CNC(=O)C1CCC(=O)N(C)C1c1ccc(C(F)(F)F)cc1. The van der Waals surface area contributed by atoms with E-state index in [9.17, 15) is 22.8 Å². The number of rotatable bonds is 4. The Morgan fingerprint density at radius 2 is 1.93 bits per heavy atom. The van der Waals surface area contributed by atoms with Crippen LogP contribution in [0.1, 0.15) is 40.5 Å². The summed E-state index contributed by atoms with van der Waals surface area (Å²) in [4.78, 5) is 27.5. The number of alkyl halides is 3. The van der Waals surface area contributed by atoms with E-state index in [1.165, 1.54) is 17.0 Å². The minimum absolute atomic E-state index is 0.122. The summed E-state index contributed by atoms with van der Waals surface area (Å²) >= 11 is 1.55. The van der Waals surface area contributed by atoms with Gasteiger partial charge in [-0.2, -0.15) is 13.2 Å². The Morgan fingerprint density at radius 1 is 1.25 bits per heavy atom. The topological polar surface area (TPSA) is 49.4 Å². The van der Waals surface area contributed by atoms with E-state index in [-0.39, 0.29) is 18.2 Å². The van der Waals surface area contributed by atoms with Crippen molar-refractivity contribution in [2.24, 2.45) is 5.92 Å². The van der Waals surface area contributed by atoms with Crippen molar-refractivity contribution in [3.8, 4) is 0 Å². The van der Waals surface area contributed by atoms with Crippen LogP contribution in [0.4, 0.5) is 13.2 Å². The van der Waals surface area contributed by atoms with Crippen LogP contribution < -0.4 is 5.32 Å². The maximum Gasteiger partial charge on any atom is 0.416 e. The van der Waals surface area contributed by atoms with Crippen molar-refractivity contribution in [2.75, 3.05) is 7.05 Å². The molecule has 2 heterocycles. The molecule has 2 aromatic rings. The molecule has 0 spiro atoms. The van der Waals surface area contributed by atoms with Gasteiger partial charge >= 0.3 is 6.18 Å². The van der Waals surface area contributed by atoms with Gasteiger partial charge in [0.2, 0.25) is 11.8 Å². The number of nitrogens with zero attached hydrogens (tertiary/aromatic N) is 1. The van der Waals surface area contributed by atoms with Crippen molar-refractivity contribution >= 4 is 23.2 Å². The summed E-state index contributed by atoms with van der Waals surface area (Å²) in [7, 11) is 1.59. The zero-order chi connectivity index (χ0) is 20.5. The lowest BCUT2D eigenvalue weighted by molar-refractivity contribution is -0.142. The van der Waals surface area contributed by atoms with E-state index < -0.39 is 23.7 Å². The molecule has 0 bridgehead atoms. The third kappa shape index (κ3) is 4.22. The lowest BCUT2D eigenvalue weighted by atomic mass is 9.83. The molecule has 2 amide bonds. The molecule has 1 aromatic carbocycles. The van der Waals surface area contributed by atoms with E-state index in [4.69, 9.17) is 0 Å². The average Bonchev–Trinajstić information content (AvgIpc) is 3.06. The minimum atomic E-state index is -4.43. The van der Waals surface area contributed by atoms with Gasteiger partial charge < -0.3 is 10.2 Å². The van der Waals surface area contributed by atoms with Gasteiger partial charge in [-0.3, -0.25) is 9.59 Å². The van der Waals surface area contributed by atoms with Crippen LogP contribution in [0.15, 0.2) is 35.7 Å². The zero-order valence-electron chi connectivity index (χ0n) is 15.5. The highest BCUT2D eigenvalue weighted by atomic mass is 32.1. The van der Waals surface area contributed by atoms with Crippen molar-refractivity contribution in [2.45, 2.75) is 38.5 Å². The highest BCUT2D eigenvalue weighted by Crippen LogP contribution is 2.37. The summed E-state index contributed by atoms with van der Waals surface area (Å²) in [5, 5.41) is 4.87. The molecule has 1 saturated heterocycles. The number of amides is 2. The molecule has 0 aliphatic carbocycles. The lowest BCUT2D eigenvalue weighted by Gasteiger charge is -2.38. The molecule has 1 aromatic heterocycles. The fourth-order valence-electron chi connectivity index (χ4n) is 3.52. The number of nitrogens with one attached hydrogen (secondary N) is 1. The van der Waals surface area contributed by atoms with E-state index in [0.29, 0.717) is 18.5 Å². The number of piperidine rings is 1. The number of likely N-dealkylation sites (tertiary alicyclic amines) is 1. The molecule has 2 atom stereocenters. The molecular weight excluding hydrogens is 389 g/mol. The molecule has 8 heteroatoms. The summed E-state index contributed by atoms with van der Waals surface area (Å²) in [5.41, 5.74) is 0.867. The second kappa shape index (κ2) is 7.95. The summed E-state index contributed by atoms with van der Waals surface area (Å²) in [6.07, 6.45) is -3.82. The number of carbonyl (C=O) groups is 2. The first-order valence-corrected chi connectivity index (χ1v) is 9.80. The Morgan fingerprint density at radius 3 is 2.50 bits per heavy atom. The number of hydrogen-bond donors (Lipinski definition) is 1. The smallest absolute Gasteiger partial charge is 0.351 e.